The Balaban J connectivity index is 2.22. The van der Waals surface area contributed by atoms with Crippen LogP contribution in [0.4, 0.5) is 0 Å². The van der Waals surface area contributed by atoms with Crippen molar-refractivity contribution in [2.75, 3.05) is 0 Å². The summed E-state index contributed by atoms with van der Waals surface area (Å²) in [5, 5.41) is 29.3. The summed E-state index contributed by atoms with van der Waals surface area (Å²) in [5.74, 6) is -0.311. The zero-order valence-corrected chi connectivity index (χ0v) is 13.8. The molecule has 0 aliphatic heterocycles. The summed E-state index contributed by atoms with van der Waals surface area (Å²) < 4.78 is 15.6. The Bertz CT molecular complexity index is 739. The second-order valence-corrected chi connectivity index (χ2v) is 6.71. The molecule has 130 valence electrons. The number of phosphoric acid groups is 1. The number of rotatable bonds is 6. The van der Waals surface area contributed by atoms with Gasteiger partial charge in [0.1, 0.15) is 17.2 Å². The highest BCUT2D eigenvalue weighted by molar-refractivity contribution is 7.46. The van der Waals surface area contributed by atoms with Gasteiger partial charge in [-0.2, -0.15) is 0 Å². The van der Waals surface area contributed by atoms with E-state index in [0.717, 1.165) is 5.56 Å². The lowest BCUT2D eigenvalue weighted by atomic mass is 9.92. The van der Waals surface area contributed by atoms with Gasteiger partial charge in [-0.15, -0.1) is 0 Å². The van der Waals surface area contributed by atoms with Crippen molar-refractivity contribution >= 4 is 7.82 Å². The summed E-state index contributed by atoms with van der Waals surface area (Å²) >= 11 is 0. The molecule has 2 aromatic carbocycles. The van der Waals surface area contributed by atoms with Crippen LogP contribution in [0.1, 0.15) is 36.5 Å². The molecule has 0 aromatic heterocycles. The third-order valence-corrected chi connectivity index (χ3v) is 4.04. The molecule has 0 aliphatic carbocycles. The third kappa shape index (κ3) is 4.97. The molecule has 0 fully saturated rings. The first kappa shape index (κ1) is 18.3. The molecule has 0 aliphatic rings. The molecule has 5 N–H and O–H groups in total. The Kier molecular flexibility index (Phi) is 5.51. The lowest BCUT2D eigenvalue weighted by Crippen LogP contribution is -2.06. The quantitative estimate of drug-likeness (QED) is 0.505. The van der Waals surface area contributed by atoms with Crippen LogP contribution in [0.3, 0.4) is 0 Å². The monoisotopic (exact) mass is 354 g/mol. The number of phosphoric ester groups is 1. The normalized spacial score (nSPS) is 14.2. The van der Waals surface area contributed by atoms with Crippen molar-refractivity contribution in [1.29, 1.82) is 0 Å². The van der Waals surface area contributed by atoms with E-state index in [9.17, 15) is 19.9 Å². The topological polar surface area (TPSA) is 127 Å². The molecule has 2 atom stereocenters. The molecule has 2 rings (SSSR count). The van der Waals surface area contributed by atoms with Gasteiger partial charge < -0.3 is 19.8 Å². The number of benzene rings is 2. The largest absolute Gasteiger partial charge is 0.524 e. The molecule has 0 amide bonds. The van der Waals surface area contributed by atoms with Gasteiger partial charge in [-0.25, -0.2) is 4.57 Å². The second-order valence-electron chi connectivity index (χ2n) is 5.55. The first-order chi connectivity index (χ1) is 11.2. The Hall–Kier alpha value is -2.05. The van der Waals surface area contributed by atoms with Crippen molar-refractivity contribution in [1.82, 2.24) is 0 Å². The fourth-order valence-corrected chi connectivity index (χ4v) is 2.83. The summed E-state index contributed by atoms with van der Waals surface area (Å²) in [4.78, 5) is 17.9. The Labute approximate surface area is 139 Å². The van der Waals surface area contributed by atoms with Crippen molar-refractivity contribution < 1.29 is 34.2 Å². The zero-order chi connectivity index (χ0) is 17.9. The van der Waals surface area contributed by atoms with Gasteiger partial charge in [0.05, 0.1) is 6.10 Å². The maximum Gasteiger partial charge on any atom is 0.524 e. The first-order valence-corrected chi connectivity index (χ1v) is 8.74. The SMILES string of the molecule is CC(CC(O)c1cc(O)ccc1OP(=O)(O)O)c1ccc(O)cc1. The van der Waals surface area contributed by atoms with Crippen molar-refractivity contribution in [3.05, 3.63) is 53.6 Å². The fourth-order valence-electron chi connectivity index (χ4n) is 2.41. The van der Waals surface area contributed by atoms with Crippen LogP contribution in [0, 0.1) is 0 Å². The van der Waals surface area contributed by atoms with E-state index in [0.29, 0.717) is 0 Å². The van der Waals surface area contributed by atoms with E-state index in [1.807, 2.05) is 6.92 Å². The summed E-state index contributed by atoms with van der Waals surface area (Å²) in [6.45, 7) is 1.86. The van der Waals surface area contributed by atoms with Gasteiger partial charge in [0.2, 0.25) is 0 Å². The van der Waals surface area contributed by atoms with Gasteiger partial charge >= 0.3 is 7.82 Å². The fraction of sp³-hybridized carbons (Fsp3) is 0.250. The minimum Gasteiger partial charge on any atom is -0.508 e. The smallest absolute Gasteiger partial charge is 0.508 e. The third-order valence-electron chi connectivity index (χ3n) is 3.61. The number of aliphatic hydroxyl groups is 1. The minimum atomic E-state index is -4.79. The molecule has 8 heteroatoms. The van der Waals surface area contributed by atoms with Crippen LogP contribution in [0.25, 0.3) is 0 Å². The lowest BCUT2D eigenvalue weighted by molar-refractivity contribution is 0.156. The van der Waals surface area contributed by atoms with Gasteiger partial charge in [-0.1, -0.05) is 19.1 Å². The number of hydrogen-bond acceptors (Lipinski definition) is 5. The molecule has 0 spiro atoms. The average Bonchev–Trinajstić information content (AvgIpc) is 2.48. The number of aromatic hydroxyl groups is 2. The van der Waals surface area contributed by atoms with E-state index in [1.54, 1.807) is 12.1 Å². The van der Waals surface area contributed by atoms with Crippen LogP contribution in [0.2, 0.25) is 0 Å². The predicted octanol–water partition coefficient (Wildman–Crippen LogP) is 2.80. The first-order valence-electron chi connectivity index (χ1n) is 7.21. The van der Waals surface area contributed by atoms with E-state index >= 15 is 0 Å². The van der Waals surface area contributed by atoms with Crippen molar-refractivity contribution in [3.63, 3.8) is 0 Å². The van der Waals surface area contributed by atoms with Crippen LogP contribution in [0.15, 0.2) is 42.5 Å². The number of phenols is 2. The van der Waals surface area contributed by atoms with E-state index in [-0.39, 0.29) is 35.2 Å². The van der Waals surface area contributed by atoms with Crippen LogP contribution >= 0.6 is 7.82 Å². The van der Waals surface area contributed by atoms with Crippen molar-refractivity contribution in [2.45, 2.75) is 25.4 Å². The summed E-state index contributed by atoms with van der Waals surface area (Å²) in [7, 11) is -4.79. The highest BCUT2D eigenvalue weighted by Crippen LogP contribution is 2.43. The molecule has 7 nitrogen and oxygen atoms in total. The van der Waals surface area contributed by atoms with Crippen LogP contribution in [-0.2, 0) is 4.57 Å². The molecule has 0 saturated heterocycles. The van der Waals surface area contributed by atoms with E-state index in [1.165, 1.54) is 30.3 Å². The maximum absolute atomic E-state index is 11.0. The van der Waals surface area contributed by atoms with Gasteiger partial charge in [-0.05, 0) is 48.2 Å². The number of phenolic OH excluding ortho intramolecular Hbond substituents is 2. The van der Waals surface area contributed by atoms with Gasteiger partial charge in [0.25, 0.3) is 0 Å². The molecular weight excluding hydrogens is 335 g/mol. The molecule has 0 heterocycles. The van der Waals surface area contributed by atoms with Gasteiger partial charge in [0, 0.05) is 5.56 Å². The Morgan fingerprint density at radius 1 is 1.04 bits per heavy atom. The number of hydrogen-bond donors (Lipinski definition) is 5. The average molecular weight is 354 g/mol. The molecule has 2 aromatic rings. The predicted molar refractivity (Wildman–Crippen MR) is 86.9 cm³/mol. The number of aliphatic hydroxyl groups excluding tert-OH is 1. The summed E-state index contributed by atoms with van der Waals surface area (Å²) in [5.41, 5.74) is 0.966. The van der Waals surface area contributed by atoms with E-state index in [2.05, 4.69) is 4.52 Å². The Morgan fingerprint density at radius 3 is 2.21 bits per heavy atom. The highest BCUT2D eigenvalue weighted by Gasteiger charge is 2.23. The van der Waals surface area contributed by atoms with E-state index < -0.39 is 13.9 Å². The lowest BCUT2D eigenvalue weighted by Gasteiger charge is -2.20. The summed E-state index contributed by atoms with van der Waals surface area (Å²) in [6.07, 6.45) is -0.881. The van der Waals surface area contributed by atoms with Gasteiger partial charge in [-0.3, -0.25) is 9.79 Å². The minimum absolute atomic E-state index is 0.0870. The Morgan fingerprint density at radius 2 is 1.62 bits per heavy atom. The standard InChI is InChI=1S/C16H19O7P/c1-10(11-2-4-12(17)5-3-11)8-15(19)14-9-13(18)6-7-16(14)23-24(20,21)22/h2-7,9-10,15,17-19H,8H2,1H3,(H2,20,21,22). The van der Waals surface area contributed by atoms with Crippen molar-refractivity contribution in [2.24, 2.45) is 0 Å². The van der Waals surface area contributed by atoms with Crippen molar-refractivity contribution in [3.8, 4) is 17.2 Å². The second kappa shape index (κ2) is 7.23. The molecule has 24 heavy (non-hydrogen) atoms. The zero-order valence-electron chi connectivity index (χ0n) is 12.9. The molecule has 2 unspecified atom stereocenters. The highest BCUT2D eigenvalue weighted by atomic mass is 31.2. The van der Waals surface area contributed by atoms with Gasteiger partial charge in [0.15, 0.2) is 0 Å². The summed E-state index contributed by atoms with van der Waals surface area (Å²) in [6, 6.07) is 10.1. The van der Waals surface area contributed by atoms with Crippen LogP contribution in [-0.4, -0.2) is 25.1 Å². The van der Waals surface area contributed by atoms with E-state index in [4.69, 9.17) is 9.79 Å². The van der Waals surface area contributed by atoms with Crippen LogP contribution in [0.5, 0.6) is 17.2 Å². The molecule has 0 saturated carbocycles. The van der Waals surface area contributed by atoms with Crippen LogP contribution < -0.4 is 4.52 Å². The molecule has 0 radical (unpaired) electrons. The molecule has 0 bridgehead atoms. The maximum atomic E-state index is 11.0. The molecular formula is C16H19O7P.